The van der Waals surface area contributed by atoms with Crippen LogP contribution in [0.3, 0.4) is 0 Å². The summed E-state index contributed by atoms with van der Waals surface area (Å²) in [7, 11) is 0. The molecule has 1 aromatic heterocycles. The Labute approximate surface area is 111 Å². The van der Waals surface area contributed by atoms with Gasteiger partial charge >= 0.3 is 0 Å². The van der Waals surface area contributed by atoms with Gasteiger partial charge in [0.2, 0.25) is 5.91 Å². The maximum atomic E-state index is 12.1. The third kappa shape index (κ3) is 2.96. The Morgan fingerprint density at radius 2 is 2.05 bits per heavy atom. The van der Waals surface area contributed by atoms with Crippen molar-refractivity contribution in [3.05, 3.63) is 59.9 Å². The third-order valence-electron chi connectivity index (χ3n) is 2.80. The minimum absolute atomic E-state index is 0.331. The molecule has 1 unspecified atom stereocenters. The predicted molar refractivity (Wildman–Crippen MR) is 72.4 cm³/mol. The largest absolute Gasteiger partial charge is 0.324 e. The maximum absolute atomic E-state index is 12.1. The zero-order valence-electron chi connectivity index (χ0n) is 10.5. The molecule has 0 aliphatic carbocycles. The van der Waals surface area contributed by atoms with Gasteiger partial charge in [-0.2, -0.15) is 5.26 Å². The van der Waals surface area contributed by atoms with Crippen LogP contribution in [0.25, 0.3) is 0 Å². The van der Waals surface area contributed by atoms with Gasteiger partial charge in [-0.15, -0.1) is 0 Å². The Bertz CT molecular complexity index is 617. The van der Waals surface area contributed by atoms with E-state index in [0.717, 1.165) is 5.56 Å². The number of hydrogen-bond acceptors (Lipinski definition) is 3. The Morgan fingerprint density at radius 3 is 2.68 bits per heavy atom. The van der Waals surface area contributed by atoms with Crippen LogP contribution in [0.4, 0.5) is 5.69 Å². The van der Waals surface area contributed by atoms with Gasteiger partial charge in [-0.1, -0.05) is 30.3 Å². The summed E-state index contributed by atoms with van der Waals surface area (Å²) < 4.78 is 0. The first kappa shape index (κ1) is 12.8. The molecule has 1 atom stereocenters. The van der Waals surface area contributed by atoms with E-state index < -0.39 is 5.92 Å². The Hall–Kier alpha value is -2.67. The Morgan fingerprint density at radius 1 is 1.32 bits per heavy atom. The second kappa shape index (κ2) is 5.78. The average Bonchev–Trinajstić information content (AvgIpc) is 2.43. The standard InChI is InChI=1S/C15H13N3O/c1-11-10-17-8-7-14(11)18-15(19)13(9-16)12-5-3-2-4-6-12/h2-8,10,13H,1H3,(H,17,18,19). The number of nitriles is 1. The molecule has 0 radical (unpaired) electrons. The molecule has 4 heteroatoms. The van der Waals surface area contributed by atoms with Crippen LogP contribution >= 0.6 is 0 Å². The Kier molecular flexibility index (Phi) is 3.89. The average molecular weight is 251 g/mol. The van der Waals surface area contributed by atoms with Crippen molar-refractivity contribution < 1.29 is 4.79 Å². The predicted octanol–water partition coefficient (Wildman–Crippen LogP) is 2.64. The van der Waals surface area contributed by atoms with Crippen molar-refractivity contribution in [2.45, 2.75) is 12.8 Å². The van der Waals surface area contributed by atoms with E-state index in [1.807, 2.05) is 31.2 Å². The normalized spacial score (nSPS) is 11.4. The van der Waals surface area contributed by atoms with Gasteiger partial charge in [0.15, 0.2) is 5.92 Å². The number of aryl methyl sites for hydroxylation is 1. The second-order valence-electron chi connectivity index (χ2n) is 4.15. The molecular weight excluding hydrogens is 238 g/mol. The number of carbonyl (C=O) groups is 1. The molecular formula is C15H13N3O. The smallest absolute Gasteiger partial charge is 0.246 e. The van der Waals surface area contributed by atoms with Crippen molar-refractivity contribution in [2.24, 2.45) is 0 Å². The second-order valence-corrected chi connectivity index (χ2v) is 4.15. The summed E-state index contributed by atoms with van der Waals surface area (Å²) in [5.74, 6) is -1.14. The summed E-state index contributed by atoms with van der Waals surface area (Å²) in [6.45, 7) is 1.85. The highest BCUT2D eigenvalue weighted by molar-refractivity contribution is 5.98. The minimum Gasteiger partial charge on any atom is -0.324 e. The van der Waals surface area contributed by atoms with E-state index in [1.165, 1.54) is 0 Å². The molecule has 1 amide bonds. The van der Waals surface area contributed by atoms with Crippen LogP contribution in [0.2, 0.25) is 0 Å². The Balaban J connectivity index is 2.20. The molecule has 2 aromatic rings. The molecule has 4 nitrogen and oxygen atoms in total. The molecule has 1 heterocycles. The highest BCUT2D eigenvalue weighted by atomic mass is 16.1. The van der Waals surface area contributed by atoms with E-state index >= 15 is 0 Å². The number of benzene rings is 1. The van der Waals surface area contributed by atoms with Gasteiger partial charge in [0.1, 0.15) is 0 Å². The van der Waals surface area contributed by atoms with Crippen LogP contribution in [0.1, 0.15) is 17.0 Å². The van der Waals surface area contributed by atoms with Gasteiger partial charge in [0.05, 0.1) is 6.07 Å². The van der Waals surface area contributed by atoms with Crippen LogP contribution in [-0.4, -0.2) is 10.9 Å². The molecule has 0 bridgehead atoms. The van der Waals surface area contributed by atoms with Crippen molar-refractivity contribution in [1.82, 2.24) is 4.98 Å². The lowest BCUT2D eigenvalue weighted by Crippen LogP contribution is -2.20. The molecule has 19 heavy (non-hydrogen) atoms. The molecule has 94 valence electrons. The number of rotatable bonds is 3. The third-order valence-corrected chi connectivity index (χ3v) is 2.80. The van der Waals surface area contributed by atoms with Crippen molar-refractivity contribution in [3.63, 3.8) is 0 Å². The fourth-order valence-electron chi connectivity index (χ4n) is 1.75. The van der Waals surface area contributed by atoms with Gasteiger partial charge in [-0.3, -0.25) is 9.78 Å². The zero-order chi connectivity index (χ0) is 13.7. The van der Waals surface area contributed by atoms with Crippen LogP contribution < -0.4 is 5.32 Å². The first-order valence-electron chi connectivity index (χ1n) is 5.88. The maximum Gasteiger partial charge on any atom is 0.246 e. The van der Waals surface area contributed by atoms with Crippen molar-refractivity contribution in [2.75, 3.05) is 5.32 Å². The molecule has 0 aliphatic rings. The van der Waals surface area contributed by atoms with E-state index in [-0.39, 0.29) is 5.91 Å². The van der Waals surface area contributed by atoms with E-state index in [4.69, 9.17) is 0 Å². The van der Waals surface area contributed by atoms with Gasteiger partial charge in [-0.25, -0.2) is 0 Å². The number of amides is 1. The topological polar surface area (TPSA) is 65.8 Å². The van der Waals surface area contributed by atoms with E-state index in [2.05, 4.69) is 10.3 Å². The lowest BCUT2D eigenvalue weighted by Gasteiger charge is -2.11. The summed E-state index contributed by atoms with van der Waals surface area (Å²) in [6.07, 6.45) is 3.27. The van der Waals surface area contributed by atoms with Crippen LogP contribution in [0, 0.1) is 18.3 Å². The van der Waals surface area contributed by atoms with Crippen molar-refractivity contribution in [3.8, 4) is 6.07 Å². The first-order valence-corrected chi connectivity index (χ1v) is 5.88. The SMILES string of the molecule is Cc1cnccc1NC(=O)C(C#N)c1ccccc1. The highest BCUT2D eigenvalue weighted by Crippen LogP contribution is 2.19. The fraction of sp³-hybridized carbons (Fsp3) is 0.133. The summed E-state index contributed by atoms with van der Waals surface area (Å²) in [5, 5.41) is 11.9. The van der Waals surface area contributed by atoms with Crippen molar-refractivity contribution in [1.29, 1.82) is 5.26 Å². The molecule has 1 N–H and O–H groups in total. The molecule has 0 saturated heterocycles. The van der Waals surface area contributed by atoms with Crippen LogP contribution in [0.5, 0.6) is 0 Å². The molecule has 0 aliphatic heterocycles. The number of anilines is 1. The van der Waals surface area contributed by atoms with E-state index in [1.54, 1.807) is 30.6 Å². The monoisotopic (exact) mass is 251 g/mol. The number of carbonyl (C=O) groups excluding carboxylic acids is 1. The van der Waals surface area contributed by atoms with Gasteiger partial charge < -0.3 is 5.32 Å². The van der Waals surface area contributed by atoms with Crippen LogP contribution in [-0.2, 0) is 4.79 Å². The lowest BCUT2D eigenvalue weighted by molar-refractivity contribution is -0.116. The molecule has 0 saturated carbocycles. The summed E-state index contributed by atoms with van der Waals surface area (Å²) >= 11 is 0. The summed E-state index contributed by atoms with van der Waals surface area (Å²) in [5.41, 5.74) is 2.23. The van der Waals surface area contributed by atoms with Gasteiger partial charge in [0.25, 0.3) is 0 Å². The first-order chi connectivity index (χ1) is 9.22. The number of hydrogen-bond donors (Lipinski definition) is 1. The van der Waals surface area contributed by atoms with Crippen LogP contribution in [0.15, 0.2) is 48.8 Å². The fourth-order valence-corrected chi connectivity index (χ4v) is 1.75. The molecule has 0 spiro atoms. The van der Waals surface area contributed by atoms with Gasteiger partial charge in [-0.05, 0) is 24.1 Å². The lowest BCUT2D eigenvalue weighted by atomic mass is 10.00. The summed E-state index contributed by atoms with van der Waals surface area (Å²) in [6, 6.07) is 12.8. The molecule has 0 fully saturated rings. The van der Waals surface area contributed by atoms with Crippen molar-refractivity contribution >= 4 is 11.6 Å². The highest BCUT2D eigenvalue weighted by Gasteiger charge is 2.20. The number of aromatic nitrogens is 1. The van der Waals surface area contributed by atoms with Gasteiger partial charge in [0, 0.05) is 18.1 Å². The zero-order valence-corrected chi connectivity index (χ0v) is 10.5. The quantitative estimate of drug-likeness (QED) is 0.911. The number of pyridine rings is 1. The number of nitrogens with one attached hydrogen (secondary N) is 1. The number of nitrogens with zero attached hydrogens (tertiary/aromatic N) is 2. The van der Waals surface area contributed by atoms with E-state index in [0.29, 0.717) is 11.3 Å². The minimum atomic E-state index is -0.811. The summed E-state index contributed by atoms with van der Waals surface area (Å²) in [4.78, 5) is 16.1. The molecule has 1 aromatic carbocycles. The van der Waals surface area contributed by atoms with E-state index in [9.17, 15) is 10.1 Å². The molecule has 2 rings (SSSR count).